The first-order valence-corrected chi connectivity index (χ1v) is 6.85. The Balaban J connectivity index is 2.20. The number of nitrogens with two attached hydrogens (primary N) is 1. The van der Waals surface area contributed by atoms with Gasteiger partial charge in [0.1, 0.15) is 5.69 Å². The van der Waals surface area contributed by atoms with Gasteiger partial charge in [-0.25, -0.2) is 0 Å². The number of carbonyl (C=O) groups excluding carboxylic acids is 2. The van der Waals surface area contributed by atoms with Gasteiger partial charge in [0.2, 0.25) is 11.7 Å². The number of anilines is 2. The molecule has 0 aliphatic carbocycles. The number of fused-ring (bicyclic) bond motifs is 1. The molecule has 1 aromatic heterocycles. The monoisotopic (exact) mass is 293 g/mol. The van der Waals surface area contributed by atoms with Crippen LogP contribution in [-0.4, -0.2) is 16.7 Å². The summed E-state index contributed by atoms with van der Waals surface area (Å²) in [4.78, 5) is 27.2. The molecule has 1 amide bonds. The SMILES string of the molecule is CC(=O)Nc1c(C(=O)c2ccccc2)[nH]c2ccc(N)cc12. The number of H-pyrrole nitrogens is 1. The fourth-order valence-electron chi connectivity index (χ4n) is 2.42. The Bertz CT molecular complexity index is 866. The van der Waals surface area contributed by atoms with Gasteiger partial charge in [0.25, 0.3) is 0 Å². The van der Waals surface area contributed by atoms with E-state index in [0.29, 0.717) is 22.6 Å². The minimum atomic E-state index is -0.245. The molecule has 0 fully saturated rings. The minimum absolute atomic E-state index is 0.181. The molecule has 5 nitrogen and oxygen atoms in total. The van der Waals surface area contributed by atoms with Gasteiger partial charge < -0.3 is 16.0 Å². The van der Waals surface area contributed by atoms with Crippen LogP contribution in [-0.2, 0) is 4.79 Å². The first kappa shape index (κ1) is 13.9. The molecule has 0 aliphatic heterocycles. The van der Waals surface area contributed by atoms with Gasteiger partial charge in [-0.05, 0) is 18.2 Å². The molecule has 5 heteroatoms. The van der Waals surface area contributed by atoms with Crippen LogP contribution < -0.4 is 11.1 Å². The van der Waals surface area contributed by atoms with Gasteiger partial charge in [-0.1, -0.05) is 30.3 Å². The largest absolute Gasteiger partial charge is 0.399 e. The van der Waals surface area contributed by atoms with E-state index in [-0.39, 0.29) is 11.7 Å². The first-order chi connectivity index (χ1) is 10.6. The topological polar surface area (TPSA) is 88.0 Å². The summed E-state index contributed by atoms with van der Waals surface area (Å²) in [5.74, 6) is -0.426. The molecule has 2 aromatic carbocycles. The second-order valence-electron chi connectivity index (χ2n) is 5.06. The summed E-state index contributed by atoms with van der Waals surface area (Å²) in [6.07, 6.45) is 0. The molecule has 22 heavy (non-hydrogen) atoms. The molecule has 110 valence electrons. The number of hydrogen-bond acceptors (Lipinski definition) is 3. The maximum Gasteiger partial charge on any atom is 0.221 e. The van der Waals surface area contributed by atoms with E-state index < -0.39 is 0 Å². The third-order valence-corrected chi connectivity index (χ3v) is 3.39. The molecule has 0 saturated carbocycles. The Morgan fingerprint density at radius 2 is 1.82 bits per heavy atom. The van der Waals surface area contributed by atoms with Crippen LogP contribution >= 0.6 is 0 Å². The number of aromatic nitrogens is 1. The van der Waals surface area contributed by atoms with Crippen molar-refractivity contribution in [2.75, 3.05) is 11.1 Å². The predicted molar refractivity (Wildman–Crippen MR) is 86.9 cm³/mol. The lowest BCUT2D eigenvalue weighted by Gasteiger charge is -2.05. The molecule has 0 atom stereocenters. The van der Waals surface area contributed by atoms with Crippen molar-refractivity contribution in [1.29, 1.82) is 0 Å². The van der Waals surface area contributed by atoms with Crippen molar-refractivity contribution >= 4 is 34.0 Å². The Morgan fingerprint density at radius 3 is 2.50 bits per heavy atom. The summed E-state index contributed by atoms with van der Waals surface area (Å²) in [5, 5.41) is 3.44. The number of hydrogen-bond donors (Lipinski definition) is 3. The van der Waals surface area contributed by atoms with E-state index in [1.807, 2.05) is 6.07 Å². The van der Waals surface area contributed by atoms with E-state index in [0.717, 1.165) is 10.9 Å². The fraction of sp³-hybridized carbons (Fsp3) is 0.0588. The van der Waals surface area contributed by atoms with Gasteiger partial charge in [-0.15, -0.1) is 0 Å². The summed E-state index contributed by atoms with van der Waals surface area (Å²) in [6.45, 7) is 1.40. The minimum Gasteiger partial charge on any atom is -0.399 e. The average Bonchev–Trinajstić information content (AvgIpc) is 2.85. The Kier molecular flexibility index (Phi) is 3.39. The fourth-order valence-corrected chi connectivity index (χ4v) is 2.42. The van der Waals surface area contributed by atoms with Crippen LogP contribution in [0.3, 0.4) is 0 Å². The van der Waals surface area contributed by atoms with Crippen LogP contribution in [0.4, 0.5) is 11.4 Å². The number of ketones is 1. The number of amides is 1. The zero-order valence-corrected chi connectivity index (χ0v) is 12.0. The van der Waals surface area contributed by atoms with E-state index in [1.54, 1.807) is 42.5 Å². The van der Waals surface area contributed by atoms with Gasteiger partial charge in [0.15, 0.2) is 0 Å². The lowest BCUT2D eigenvalue weighted by molar-refractivity contribution is -0.114. The number of carbonyl (C=O) groups is 2. The number of rotatable bonds is 3. The second kappa shape index (κ2) is 5.37. The highest BCUT2D eigenvalue weighted by atomic mass is 16.1. The van der Waals surface area contributed by atoms with Gasteiger partial charge in [-0.3, -0.25) is 9.59 Å². The van der Waals surface area contributed by atoms with Gasteiger partial charge >= 0.3 is 0 Å². The van der Waals surface area contributed by atoms with Crippen LogP contribution in [0.25, 0.3) is 10.9 Å². The molecular formula is C17H15N3O2. The Hall–Kier alpha value is -3.08. The molecule has 0 saturated heterocycles. The summed E-state index contributed by atoms with van der Waals surface area (Å²) in [6, 6.07) is 14.2. The van der Waals surface area contributed by atoms with Crippen molar-refractivity contribution < 1.29 is 9.59 Å². The van der Waals surface area contributed by atoms with E-state index in [1.165, 1.54) is 6.92 Å². The summed E-state index contributed by atoms with van der Waals surface area (Å²) in [5.41, 5.74) is 8.48. The number of nitrogen functional groups attached to an aromatic ring is 1. The van der Waals surface area contributed by atoms with Gasteiger partial charge in [-0.2, -0.15) is 0 Å². The third kappa shape index (κ3) is 2.44. The van der Waals surface area contributed by atoms with Crippen molar-refractivity contribution in [3.8, 4) is 0 Å². The van der Waals surface area contributed by atoms with E-state index in [9.17, 15) is 9.59 Å². The van der Waals surface area contributed by atoms with Crippen molar-refractivity contribution in [3.05, 3.63) is 59.8 Å². The van der Waals surface area contributed by atoms with E-state index in [2.05, 4.69) is 10.3 Å². The van der Waals surface area contributed by atoms with Crippen LogP contribution in [0, 0.1) is 0 Å². The van der Waals surface area contributed by atoms with Crippen LogP contribution in [0.5, 0.6) is 0 Å². The third-order valence-electron chi connectivity index (χ3n) is 3.39. The number of aromatic amines is 1. The number of benzene rings is 2. The molecule has 4 N–H and O–H groups in total. The molecule has 0 bridgehead atoms. The molecular weight excluding hydrogens is 278 g/mol. The molecule has 3 aromatic rings. The Morgan fingerprint density at radius 1 is 1.09 bits per heavy atom. The lowest BCUT2D eigenvalue weighted by Crippen LogP contribution is -2.11. The van der Waals surface area contributed by atoms with Crippen LogP contribution in [0.1, 0.15) is 23.0 Å². The van der Waals surface area contributed by atoms with Gasteiger partial charge in [0, 0.05) is 29.1 Å². The van der Waals surface area contributed by atoms with Crippen molar-refractivity contribution in [2.45, 2.75) is 6.92 Å². The van der Waals surface area contributed by atoms with Crippen LogP contribution in [0.2, 0.25) is 0 Å². The summed E-state index contributed by atoms with van der Waals surface area (Å²) < 4.78 is 0. The molecule has 1 heterocycles. The quantitative estimate of drug-likeness (QED) is 0.512. The first-order valence-electron chi connectivity index (χ1n) is 6.85. The summed E-state index contributed by atoms with van der Waals surface area (Å²) >= 11 is 0. The zero-order chi connectivity index (χ0) is 15.7. The smallest absolute Gasteiger partial charge is 0.221 e. The maximum atomic E-state index is 12.7. The number of nitrogens with one attached hydrogen (secondary N) is 2. The molecule has 0 spiro atoms. The Labute approximate surface area is 127 Å². The van der Waals surface area contributed by atoms with E-state index in [4.69, 9.17) is 5.73 Å². The van der Waals surface area contributed by atoms with Crippen molar-refractivity contribution in [2.24, 2.45) is 0 Å². The van der Waals surface area contributed by atoms with Crippen molar-refractivity contribution in [1.82, 2.24) is 4.98 Å². The van der Waals surface area contributed by atoms with E-state index >= 15 is 0 Å². The van der Waals surface area contributed by atoms with Crippen molar-refractivity contribution in [3.63, 3.8) is 0 Å². The summed E-state index contributed by atoms with van der Waals surface area (Å²) in [7, 11) is 0. The average molecular weight is 293 g/mol. The molecule has 3 rings (SSSR count). The second-order valence-corrected chi connectivity index (χ2v) is 5.06. The molecule has 0 radical (unpaired) electrons. The zero-order valence-electron chi connectivity index (χ0n) is 12.0. The highest BCUT2D eigenvalue weighted by molar-refractivity contribution is 6.18. The normalized spacial score (nSPS) is 10.6. The lowest BCUT2D eigenvalue weighted by atomic mass is 10.1. The van der Waals surface area contributed by atoms with Gasteiger partial charge in [0.05, 0.1) is 5.69 Å². The standard InChI is InChI=1S/C17H15N3O2/c1-10(21)19-15-13-9-12(18)7-8-14(13)20-16(15)17(22)11-5-3-2-4-6-11/h2-9,20H,18H2,1H3,(H,19,21). The van der Waals surface area contributed by atoms with Crippen LogP contribution in [0.15, 0.2) is 48.5 Å². The maximum absolute atomic E-state index is 12.7. The highest BCUT2D eigenvalue weighted by Crippen LogP contribution is 2.31. The predicted octanol–water partition coefficient (Wildman–Crippen LogP) is 2.94. The highest BCUT2D eigenvalue weighted by Gasteiger charge is 2.20. The molecule has 0 unspecified atom stereocenters. The molecule has 0 aliphatic rings.